The maximum Gasteiger partial charge on any atom is 0.335 e. The fourth-order valence-corrected chi connectivity index (χ4v) is 5.12. The topological polar surface area (TPSA) is 78.8 Å². The highest BCUT2D eigenvalue weighted by Crippen LogP contribution is 2.38. The van der Waals surface area contributed by atoms with Crippen LogP contribution in [0.2, 0.25) is 0 Å². The van der Waals surface area contributed by atoms with Crippen molar-refractivity contribution in [3.8, 4) is 17.6 Å². The average molecular weight is 557 g/mol. The van der Waals surface area contributed by atoms with Crippen LogP contribution in [0.25, 0.3) is 10.9 Å². The van der Waals surface area contributed by atoms with E-state index in [0.29, 0.717) is 24.0 Å². The van der Waals surface area contributed by atoms with Gasteiger partial charge in [-0.15, -0.1) is 27.7 Å². The van der Waals surface area contributed by atoms with Crippen molar-refractivity contribution in [2.45, 2.75) is 30.1 Å². The number of likely N-dealkylation sites (tertiary alicyclic amines) is 1. The zero-order valence-electron chi connectivity index (χ0n) is 21.3. The Balaban J connectivity index is 1.59. The largest absolute Gasteiger partial charge is 0.495 e. The van der Waals surface area contributed by atoms with E-state index in [0.717, 1.165) is 49.4 Å². The van der Waals surface area contributed by atoms with Gasteiger partial charge in [0.2, 0.25) is 0 Å². The Labute approximate surface area is 225 Å². The number of benzene rings is 2. The first kappa shape index (κ1) is 27.7. The average Bonchev–Trinajstić information content (AvgIpc) is 3.19. The van der Waals surface area contributed by atoms with Crippen LogP contribution in [0, 0.1) is 11.8 Å². The fourth-order valence-electron chi connectivity index (χ4n) is 4.58. The molecule has 4 rings (SSSR count). The molecule has 0 bridgehead atoms. The Kier molecular flexibility index (Phi) is 8.99. The van der Waals surface area contributed by atoms with Crippen LogP contribution < -0.4 is 15.4 Å². The molecule has 0 spiro atoms. The lowest BCUT2D eigenvalue weighted by atomic mass is 10.0. The van der Waals surface area contributed by atoms with Gasteiger partial charge >= 0.3 is 5.97 Å². The third kappa shape index (κ3) is 7.16. The summed E-state index contributed by atoms with van der Waals surface area (Å²) in [5.74, 6) is 6.07. The number of aromatic carboxylic acids is 1. The third-order valence-electron chi connectivity index (χ3n) is 6.49. The predicted octanol–water partition coefficient (Wildman–Crippen LogP) is 4.60. The lowest BCUT2D eigenvalue weighted by Gasteiger charge is -2.30. The van der Waals surface area contributed by atoms with Crippen molar-refractivity contribution in [1.82, 2.24) is 9.47 Å². The monoisotopic (exact) mass is 556 g/mol. The Bertz CT molecular complexity index is 1330. The minimum atomic E-state index is -0.990. The molecular weight excluding hydrogens is 521 g/mol. The molecule has 3 aromatic rings. The standard InChI is InChI=1S/C27H35N4O3P3/c1-30-13-10-19(11-14-30)29-22-6-3-7-24-21(22)16-20(31(24)17-27(35,36)37)5-4-12-28-23-9-8-18(26(32)33)15-25(23)34-2/h3,6-9,15-16,19,28-29H,10-14,17,35-37H2,1-2H3,(H,32,33). The highest BCUT2D eigenvalue weighted by atomic mass is 31.1. The van der Waals surface area contributed by atoms with Crippen LogP contribution in [0.5, 0.6) is 5.75 Å². The second-order valence-electron chi connectivity index (χ2n) is 9.56. The van der Waals surface area contributed by atoms with Crippen molar-refractivity contribution < 1.29 is 14.6 Å². The number of rotatable bonds is 8. The molecule has 0 aliphatic carbocycles. The number of carboxylic acids is 1. The van der Waals surface area contributed by atoms with Crippen molar-refractivity contribution in [2.24, 2.45) is 0 Å². The number of ether oxygens (including phenoxy) is 1. The summed E-state index contributed by atoms with van der Waals surface area (Å²) >= 11 is 0. The van der Waals surface area contributed by atoms with Gasteiger partial charge in [-0.2, -0.15) is 0 Å². The second kappa shape index (κ2) is 12.0. The third-order valence-corrected chi connectivity index (χ3v) is 7.04. The molecule has 1 saturated heterocycles. The Morgan fingerprint density at radius 3 is 2.59 bits per heavy atom. The molecule has 37 heavy (non-hydrogen) atoms. The van der Waals surface area contributed by atoms with Gasteiger partial charge in [-0.25, -0.2) is 4.79 Å². The molecule has 10 heteroatoms. The van der Waals surface area contributed by atoms with Gasteiger partial charge in [0, 0.05) is 28.3 Å². The molecule has 2 aromatic carbocycles. The van der Waals surface area contributed by atoms with Crippen LogP contribution >= 0.6 is 27.7 Å². The van der Waals surface area contributed by atoms with E-state index >= 15 is 0 Å². The first-order valence-electron chi connectivity index (χ1n) is 12.2. The molecule has 7 nitrogen and oxygen atoms in total. The molecule has 1 aromatic heterocycles. The molecule has 3 N–H and O–H groups in total. The zero-order valence-corrected chi connectivity index (χ0v) is 24.7. The highest BCUT2D eigenvalue weighted by molar-refractivity contribution is 7.57. The zero-order chi connectivity index (χ0) is 26.6. The molecule has 2 heterocycles. The van der Waals surface area contributed by atoms with Crippen LogP contribution in [-0.2, 0) is 6.54 Å². The van der Waals surface area contributed by atoms with Gasteiger partial charge in [0.1, 0.15) is 5.75 Å². The second-order valence-corrected chi connectivity index (χ2v) is 14.8. The number of hydrogen-bond acceptors (Lipinski definition) is 5. The van der Waals surface area contributed by atoms with Crippen molar-refractivity contribution >= 4 is 56.0 Å². The molecule has 1 fully saturated rings. The Morgan fingerprint density at radius 1 is 1.16 bits per heavy atom. The van der Waals surface area contributed by atoms with E-state index in [1.54, 1.807) is 12.1 Å². The summed E-state index contributed by atoms with van der Waals surface area (Å²) in [5, 5.41) is 17.4. The number of anilines is 2. The Hall–Kier alpha value is -2.34. The molecule has 196 valence electrons. The molecule has 3 unspecified atom stereocenters. The minimum absolute atomic E-state index is 0.155. The van der Waals surface area contributed by atoms with Gasteiger partial charge in [0.05, 0.1) is 36.1 Å². The molecule has 1 aliphatic heterocycles. The molecule has 3 atom stereocenters. The van der Waals surface area contributed by atoms with Crippen molar-refractivity contribution in [1.29, 1.82) is 0 Å². The number of hydrogen-bond donors (Lipinski definition) is 3. The number of carbonyl (C=O) groups is 1. The van der Waals surface area contributed by atoms with Crippen LogP contribution in [0.15, 0.2) is 42.5 Å². The number of piperidine rings is 1. The summed E-state index contributed by atoms with van der Waals surface area (Å²) in [7, 11) is 12.3. The summed E-state index contributed by atoms with van der Waals surface area (Å²) in [5.41, 5.74) is 4.12. The van der Waals surface area contributed by atoms with Gasteiger partial charge in [-0.1, -0.05) is 12.0 Å². The van der Waals surface area contributed by atoms with E-state index in [4.69, 9.17) is 4.74 Å². The van der Waals surface area contributed by atoms with Gasteiger partial charge in [0.25, 0.3) is 0 Å². The minimum Gasteiger partial charge on any atom is -0.495 e. The SMILES string of the molecule is COc1cc(C(=O)O)ccc1NCC#Cc1cc2c(NC3CCN(C)CC3)cccc2n1CC(P)(P)P. The number of carboxylic acid groups (broad SMARTS) is 1. The van der Waals surface area contributed by atoms with Crippen LogP contribution in [0.1, 0.15) is 28.9 Å². The lowest BCUT2D eigenvalue weighted by Crippen LogP contribution is -2.36. The molecule has 0 radical (unpaired) electrons. The highest BCUT2D eigenvalue weighted by Gasteiger charge is 2.20. The van der Waals surface area contributed by atoms with Crippen LogP contribution in [0.4, 0.5) is 11.4 Å². The predicted molar refractivity (Wildman–Crippen MR) is 163 cm³/mol. The van der Waals surface area contributed by atoms with E-state index < -0.39 is 5.97 Å². The first-order chi connectivity index (χ1) is 17.6. The van der Waals surface area contributed by atoms with E-state index in [9.17, 15) is 9.90 Å². The number of nitrogens with one attached hydrogen (secondary N) is 2. The summed E-state index contributed by atoms with van der Waals surface area (Å²) in [6, 6.07) is 13.8. The fraction of sp³-hybridized carbons (Fsp3) is 0.370. The van der Waals surface area contributed by atoms with E-state index in [2.05, 4.69) is 91.0 Å². The van der Waals surface area contributed by atoms with E-state index in [1.165, 1.54) is 18.6 Å². The number of nitrogens with zero attached hydrogens (tertiary/aromatic N) is 2. The molecule has 1 aliphatic rings. The Morgan fingerprint density at radius 2 is 1.92 bits per heavy atom. The number of fused-ring (bicyclic) bond motifs is 1. The van der Waals surface area contributed by atoms with E-state index in [1.807, 2.05) is 0 Å². The van der Waals surface area contributed by atoms with Crippen molar-refractivity contribution in [2.75, 3.05) is 44.4 Å². The van der Waals surface area contributed by atoms with Crippen LogP contribution in [0.3, 0.4) is 0 Å². The van der Waals surface area contributed by atoms with Gasteiger partial charge < -0.3 is 29.9 Å². The summed E-state index contributed by atoms with van der Waals surface area (Å²) < 4.78 is 7.46. The van der Waals surface area contributed by atoms with Crippen molar-refractivity contribution in [3.05, 3.63) is 53.7 Å². The maximum absolute atomic E-state index is 11.2. The normalized spacial score (nSPS) is 14.7. The molecule has 0 amide bonds. The summed E-state index contributed by atoms with van der Waals surface area (Å²) in [6.07, 6.45) is 2.27. The number of aromatic nitrogens is 1. The lowest BCUT2D eigenvalue weighted by molar-refractivity contribution is 0.0696. The first-order valence-corrected chi connectivity index (χ1v) is 14.0. The summed E-state index contributed by atoms with van der Waals surface area (Å²) in [4.78, 5) is 13.6. The van der Waals surface area contributed by atoms with Gasteiger partial charge in [-0.05, 0) is 75.3 Å². The maximum atomic E-state index is 11.2. The van der Waals surface area contributed by atoms with Crippen LogP contribution in [-0.4, -0.2) is 65.0 Å². The summed E-state index contributed by atoms with van der Waals surface area (Å²) in [6.45, 7) is 3.35. The van der Waals surface area contributed by atoms with E-state index in [-0.39, 0.29) is 10.2 Å². The number of methoxy groups -OCH3 is 1. The molecule has 0 saturated carbocycles. The molecular formula is C27H35N4O3P3. The smallest absolute Gasteiger partial charge is 0.335 e. The quantitative estimate of drug-likeness (QED) is 0.278. The van der Waals surface area contributed by atoms with Gasteiger partial charge in [0.15, 0.2) is 0 Å². The van der Waals surface area contributed by atoms with Crippen molar-refractivity contribution in [3.63, 3.8) is 0 Å². The van der Waals surface area contributed by atoms with Gasteiger partial charge in [-0.3, -0.25) is 0 Å².